The molecule has 0 fully saturated rings. The summed E-state index contributed by atoms with van der Waals surface area (Å²) in [5.74, 6) is 0.0247. The molecule has 0 aliphatic carbocycles. The molecule has 18 heavy (non-hydrogen) atoms. The molecule has 0 N–H and O–H groups in total. The smallest absolute Gasteiger partial charge is 0.236 e. The van der Waals surface area contributed by atoms with E-state index in [0.717, 1.165) is 5.56 Å². The Hall–Kier alpha value is -1.87. The summed E-state index contributed by atoms with van der Waals surface area (Å²) in [4.78, 5) is 15.3. The van der Waals surface area contributed by atoms with Crippen LogP contribution in [-0.4, -0.2) is 52.7 Å². The van der Waals surface area contributed by atoms with Crippen LogP contribution in [0, 0.1) is 11.3 Å². The van der Waals surface area contributed by atoms with Crippen molar-refractivity contribution < 1.29 is 4.79 Å². The number of amides is 1. The first-order valence-electron chi connectivity index (χ1n) is 5.80. The van der Waals surface area contributed by atoms with Crippen molar-refractivity contribution in [2.75, 3.05) is 27.2 Å². The van der Waals surface area contributed by atoms with Gasteiger partial charge in [0.2, 0.25) is 5.91 Å². The molecule has 98 valence electrons. The summed E-state index contributed by atoms with van der Waals surface area (Å²) in [5.41, 5.74) is 1.08. The molecular formula is C12H19N5O. The first-order chi connectivity index (χ1) is 8.52. The quantitative estimate of drug-likeness (QED) is 0.723. The van der Waals surface area contributed by atoms with Gasteiger partial charge >= 0.3 is 0 Å². The van der Waals surface area contributed by atoms with Crippen molar-refractivity contribution >= 4 is 5.91 Å². The van der Waals surface area contributed by atoms with Crippen LogP contribution in [0.4, 0.5) is 0 Å². The highest BCUT2D eigenvalue weighted by Gasteiger charge is 2.12. The SMILES string of the molecule is CN(CC(=O)N(C)CCC#N)Cc1cnn(C)c1. The normalized spacial score (nSPS) is 10.4. The van der Waals surface area contributed by atoms with E-state index in [2.05, 4.69) is 5.10 Å². The van der Waals surface area contributed by atoms with Crippen LogP contribution in [-0.2, 0) is 18.4 Å². The molecule has 0 aromatic carbocycles. The fourth-order valence-electron chi connectivity index (χ4n) is 1.62. The van der Waals surface area contributed by atoms with Crippen LogP contribution in [0.3, 0.4) is 0 Å². The third-order valence-electron chi connectivity index (χ3n) is 2.60. The lowest BCUT2D eigenvalue weighted by atomic mass is 10.3. The second kappa shape index (κ2) is 6.77. The van der Waals surface area contributed by atoms with Crippen LogP contribution in [0.1, 0.15) is 12.0 Å². The fraction of sp³-hybridized carbons (Fsp3) is 0.583. The number of hydrogen-bond acceptors (Lipinski definition) is 4. The van der Waals surface area contributed by atoms with Gasteiger partial charge in [0.1, 0.15) is 0 Å². The summed E-state index contributed by atoms with van der Waals surface area (Å²) in [6, 6.07) is 2.03. The van der Waals surface area contributed by atoms with Gasteiger partial charge in [-0.3, -0.25) is 14.4 Å². The largest absolute Gasteiger partial charge is 0.344 e. The van der Waals surface area contributed by atoms with Gasteiger partial charge in [0.15, 0.2) is 0 Å². The second-order valence-electron chi connectivity index (χ2n) is 4.42. The van der Waals surface area contributed by atoms with E-state index in [-0.39, 0.29) is 5.91 Å². The summed E-state index contributed by atoms with van der Waals surface area (Å²) >= 11 is 0. The van der Waals surface area contributed by atoms with Gasteiger partial charge in [-0.25, -0.2) is 0 Å². The maximum absolute atomic E-state index is 11.8. The van der Waals surface area contributed by atoms with Gasteiger partial charge in [0, 0.05) is 38.9 Å². The summed E-state index contributed by atoms with van der Waals surface area (Å²) in [7, 11) is 5.48. The Morgan fingerprint density at radius 3 is 2.83 bits per heavy atom. The second-order valence-corrected chi connectivity index (χ2v) is 4.42. The summed E-state index contributed by atoms with van der Waals surface area (Å²) in [6.07, 6.45) is 4.09. The van der Waals surface area contributed by atoms with Crippen LogP contribution in [0.25, 0.3) is 0 Å². The molecule has 0 unspecified atom stereocenters. The predicted molar refractivity (Wildman–Crippen MR) is 67.4 cm³/mol. The van der Waals surface area contributed by atoms with Gasteiger partial charge in [-0.15, -0.1) is 0 Å². The van der Waals surface area contributed by atoms with Crippen LogP contribution in [0.15, 0.2) is 12.4 Å². The molecular weight excluding hydrogens is 230 g/mol. The van der Waals surface area contributed by atoms with Gasteiger partial charge in [0.05, 0.1) is 25.2 Å². The lowest BCUT2D eigenvalue weighted by Gasteiger charge is -2.20. The Morgan fingerprint density at radius 1 is 1.56 bits per heavy atom. The molecule has 0 saturated heterocycles. The average molecular weight is 249 g/mol. The molecule has 6 nitrogen and oxygen atoms in total. The van der Waals surface area contributed by atoms with Gasteiger partial charge in [0.25, 0.3) is 0 Å². The summed E-state index contributed by atoms with van der Waals surface area (Å²) in [5, 5.41) is 12.6. The van der Waals surface area contributed by atoms with Crippen molar-refractivity contribution in [3.05, 3.63) is 18.0 Å². The number of hydrogen-bond donors (Lipinski definition) is 0. The van der Waals surface area contributed by atoms with Crippen molar-refractivity contribution in [1.82, 2.24) is 19.6 Å². The van der Waals surface area contributed by atoms with Gasteiger partial charge in [-0.05, 0) is 7.05 Å². The lowest BCUT2D eigenvalue weighted by Crippen LogP contribution is -2.36. The maximum Gasteiger partial charge on any atom is 0.236 e. The van der Waals surface area contributed by atoms with Gasteiger partial charge in [-0.1, -0.05) is 0 Å². The van der Waals surface area contributed by atoms with Crippen molar-refractivity contribution in [3.63, 3.8) is 0 Å². The monoisotopic (exact) mass is 249 g/mol. The Bertz CT molecular complexity index is 434. The van der Waals surface area contributed by atoms with E-state index in [1.165, 1.54) is 0 Å². The molecule has 0 aliphatic rings. The molecule has 6 heteroatoms. The first kappa shape index (κ1) is 14.2. The highest BCUT2D eigenvalue weighted by molar-refractivity contribution is 5.77. The first-order valence-corrected chi connectivity index (χ1v) is 5.80. The van der Waals surface area contributed by atoms with E-state index in [9.17, 15) is 4.79 Å². The molecule has 0 bridgehead atoms. The molecule has 1 aromatic rings. The van der Waals surface area contributed by atoms with E-state index in [1.54, 1.807) is 22.8 Å². The van der Waals surface area contributed by atoms with Crippen molar-refractivity contribution in [3.8, 4) is 6.07 Å². The van der Waals surface area contributed by atoms with Gasteiger partial charge < -0.3 is 4.90 Å². The van der Waals surface area contributed by atoms with E-state index in [0.29, 0.717) is 26.1 Å². The van der Waals surface area contributed by atoms with Crippen LogP contribution < -0.4 is 0 Å². The van der Waals surface area contributed by atoms with Crippen LogP contribution in [0.2, 0.25) is 0 Å². The van der Waals surface area contributed by atoms with Crippen molar-refractivity contribution in [2.24, 2.45) is 7.05 Å². The Morgan fingerprint density at radius 2 is 2.28 bits per heavy atom. The Kier molecular flexibility index (Phi) is 5.33. The number of carbonyl (C=O) groups excluding carboxylic acids is 1. The number of likely N-dealkylation sites (N-methyl/N-ethyl adjacent to an activating group) is 2. The number of aromatic nitrogens is 2. The van der Waals surface area contributed by atoms with Gasteiger partial charge in [-0.2, -0.15) is 10.4 Å². The molecule has 1 heterocycles. The minimum Gasteiger partial charge on any atom is -0.344 e. The Balaban J connectivity index is 2.37. The summed E-state index contributed by atoms with van der Waals surface area (Å²) < 4.78 is 1.74. The van der Waals surface area contributed by atoms with E-state index < -0.39 is 0 Å². The molecule has 1 rings (SSSR count). The van der Waals surface area contributed by atoms with E-state index >= 15 is 0 Å². The minimum absolute atomic E-state index is 0.0247. The zero-order valence-corrected chi connectivity index (χ0v) is 11.1. The lowest BCUT2D eigenvalue weighted by molar-refractivity contribution is -0.130. The van der Waals surface area contributed by atoms with Crippen LogP contribution in [0.5, 0.6) is 0 Å². The third kappa shape index (κ3) is 4.55. The van der Waals surface area contributed by atoms with E-state index in [4.69, 9.17) is 5.26 Å². The zero-order valence-electron chi connectivity index (χ0n) is 11.1. The van der Waals surface area contributed by atoms with E-state index in [1.807, 2.05) is 31.3 Å². The van der Waals surface area contributed by atoms with Crippen molar-refractivity contribution in [2.45, 2.75) is 13.0 Å². The zero-order chi connectivity index (χ0) is 13.5. The molecule has 0 saturated carbocycles. The number of carbonyl (C=O) groups is 1. The minimum atomic E-state index is 0.0247. The predicted octanol–water partition coefficient (Wildman–Crippen LogP) is 0.224. The highest BCUT2D eigenvalue weighted by Crippen LogP contribution is 2.01. The summed E-state index contributed by atoms with van der Waals surface area (Å²) in [6.45, 7) is 1.51. The molecule has 0 atom stereocenters. The Labute approximate surface area is 107 Å². The third-order valence-corrected chi connectivity index (χ3v) is 2.60. The fourth-order valence-corrected chi connectivity index (χ4v) is 1.62. The molecule has 0 radical (unpaired) electrons. The number of aryl methyl sites for hydroxylation is 1. The molecule has 1 amide bonds. The number of rotatable bonds is 6. The number of nitriles is 1. The molecule has 0 spiro atoms. The topological polar surface area (TPSA) is 65.2 Å². The standard InChI is InChI=1S/C12H19N5O/c1-15(8-11-7-14-17(3)9-11)10-12(18)16(2)6-4-5-13/h7,9H,4,6,8,10H2,1-3H3. The van der Waals surface area contributed by atoms with Crippen LogP contribution >= 0.6 is 0 Å². The molecule has 0 aliphatic heterocycles. The average Bonchev–Trinajstić information content (AvgIpc) is 2.71. The van der Waals surface area contributed by atoms with Crippen molar-refractivity contribution in [1.29, 1.82) is 5.26 Å². The number of nitrogens with zero attached hydrogens (tertiary/aromatic N) is 5. The highest BCUT2D eigenvalue weighted by atomic mass is 16.2. The molecule has 1 aromatic heterocycles. The maximum atomic E-state index is 11.8.